The molecule has 0 saturated heterocycles. The second-order valence-corrected chi connectivity index (χ2v) is 12.8. The summed E-state index contributed by atoms with van der Waals surface area (Å²) in [5.74, 6) is 2.46. The standard InChI is InChI=1S/C24H32N2O3S/c1-23(2)14-18-4-5-19(26-30(3,28)29)9-20(18)21(25-23)10-22(27)24-11-15-6-16(12-24)8-17(7-15)13-24/h4-5,9-10,15-17,25-26H,6-8,11-14H2,1-3H3/b21-10-. The maximum atomic E-state index is 13.7. The number of fused-ring (bicyclic) bond motifs is 1. The van der Waals surface area contributed by atoms with Crippen LogP contribution in [-0.2, 0) is 21.2 Å². The SMILES string of the molecule is CC1(C)Cc2ccc(NS(C)(=O)=O)cc2/C(=C/C(=O)C23CC4CC(CC(C4)C2)C3)N1. The van der Waals surface area contributed by atoms with Crippen molar-refractivity contribution < 1.29 is 13.2 Å². The van der Waals surface area contributed by atoms with Crippen molar-refractivity contribution in [3.63, 3.8) is 0 Å². The Morgan fingerprint density at radius 1 is 1.10 bits per heavy atom. The average Bonchev–Trinajstić information content (AvgIpc) is 2.59. The van der Waals surface area contributed by atoms with E-state index < -0.39 is 10.0 Å². The zero-order valence-electron chi connectivity index (χ0n) is 18.1. The van der Waals surface area contributed by atoms with E-state index in [9.17, 15) is 13.2 Å². The summed E-state index contributed by atoms with van der Waals surface area (Å²) in [6.45, 7) is 4.28. The number of allylic oxidation sites excluding steroid dienone is 1. The molecule has 5 aliphatic rings. The van der Waals surface area contributed by atoms with Crippen molar-refractivity contribution in [3.8, 4) is 0 Å². The van der Waals surface area contributed by atoms with Crippen LogP contribution in [-0.4, -0.2) is 26.0 Å². The van der Waals surface area contributed by atoms with E-state index in [-0.39, 0.29) is 16.7 Å². The Hall–Kier alpha value is -1.82. The molecule has 0 aromatic heterocycles. The zero-order chi connectivity index (χ0) is 21.3. The molecule has 30 heavy (non-hydrogen) atoms. The van der Waals surface area contributed by atoms with Crippen LogP contribution in [0.2, 0.25) is 0 Å². The molecular weight excluding hydrogens is 396 g/mol. The summed E-state index contributed by atoms with van der Waals surface area (Å²) < 4.78 is 26.0. The number of ketones is 1. The van der Waals surface area contributed by atoms with E-state index in [1.165, 1.54) is 19.3 Å². The molecule has 6 rings (SSSR count). The van der Waals surface area contributed by atoms with Gasteiger partial charge in [-0.1, -0.05) is 6.07 Å². The summed E-state index contributed by atoms with van der Waals surface area (Å²) in [6.07, 6.45) is 10.9. The van der Waals surface area contributed by atoms with Crippen molar-refractivity contribution in [1.82, 2.24) is 5.32 Å². The second-order valence-electron chi connectivity index (χ2n) is 11.1. The minimum atomic E-state index is -3.35. The fourth-order valence-electron chi connectivity index (χ4n) is 7.02. The predicted molar refractivity (Wildman–Crippen MR) is 119 cm³/mol. The molecular formula is C24H32N2O3S. The third-order valence-corrected chi connectivity index (χ3v) is 8.25. The number of benzene rings is 1. The largest absolute Gasteiger partial charge is 0.379 e. The zero-order valence-corrected chi connectivity index (χ0v) is 18.9. The molecule has 4 bridgehead atoms. The summed E-state index contributed by atoms with van der Waals surface area (Å²) in [5, 5.41) is 3.56. The van der Waals surface area contributed by atoms with Crippen LogP contribution >= 0.6 is 0 Å². The van der Waals surface area contributed by atoms with Crippen molar-refractivity contribution in [2.75, 3.05) is 11.0 Å². The van der Waals surface area contributed by atoms with Gasteiger partial charge < -0.3 is 5.32 Å². The quantitative estimate of drug-likeness (QED) is 0.708. The molecule has 4 fully saturated rings. The Labute approximate surface area is 179 Å². The van der Waals surface area contributed by atoms with Crippen molar-refractivity contribution in [2.24, 2.45) is 23.2 Å². The van der Waals surface area contributed by atoms with Gasteiger partial charge in [0.2, 0.25) is 10.0 Å². The van der Waals surface area contributed by atoms with E-state index >= 15 is 0 Å². The fourth-order valence-corrected chi connectivity index (χ4v) is 7.58. The number of sulfonamides is 1. The molecule has 0 unspecified atom stereocenters. The monoisotopic (exact) mass is 428 g/mol. The lowest BCUT2D eigenvalue weighted by Gasteiger charge is -2.55. The molecule has 1 aromatic carbocycles. The molecule has 5 nitrogen and oxygen atoms in total. The Morgan fingerprint density at radius 3 is 2.27 bits per heavy atom. The molecule has 4 saturated carbocycles. The minimum Gasteiger partial charge on any atom is -0.379 e. The maximum Gasteiger partial charge on any atom is 0.229 e. The van der Waals surface area contributed by atoms with Gasteiger partial charge in [-0.3, -0.25) is 9.52 Å². The normalized spacial score (nSPS) is 35.0. The third-order valence-electron chi connectivity index (χ3n) is 7.65. The number of carbonyl (C=O) groups excluding carboxylic acids is 1. The number of nitrogens with one attached hydrogen (secondary N) is 2. The van der Waals surface area contributed by atoms with Gasteiger partial charge in [-0.15, -0.1) is 0 Å². The highest BCUT2D eigenvalue weighted by Gasteiger charge is 2.54. The van der Waals surface area contributed by atoms with Crippen molar-refractivity contribution in [3.05, 3.63) is 35.4 Å². The number of hydrogen-bond acceptors (Lipinski definition) is 4. The Kier molecular flexibility index (Phi) is 4.41. The van der Waals surface area contributed by atoms with Crippen molar-refractivity contribution in [1.29, 1.82) is 0 Å². The van der Waals surface area contributed by atoms with Crippen LogP contribution in [0.25, 0.3) is 5.70 Å². The maximum absolute atomic E-state index is 13.7. The number of rotatable bonds is 4. The third kappa shape index (κ3) is 3.68. The van der Waals surface area contributed by atoms with Gasteiger partial charge in [0.15, 0.2) is 5.78 Å². The topological polar surface area (TPSA) is 75.3 Å². The van der Waals surface area contributed by atoms with Crippen molar-refractivity contribution in [2.45, 2.75) is 64.3 Å². The Morgan fingerprint density at radius 2 is 1.70 bits per heavy atom. The van der Waals surface area contributed by atoms with E-state index in [0.717, 1.165) is 66.5 Å². The summed E-state index contributed by atoms with van der Waals surface area (Å²) in [4.78, 5) is 13.7. The van der Waals surface area contributed by atoms with Crippen LogP contribution in [0.4, 0.5) is 5.69 Å². The molecule has 4 aliphatic carbocycles. The molecule has 2 N–H and O–H groups in total. The highest BCUT2D eigenvalue weighted by molar-refractivity contribution is 7.92. The lowest BCUT2D eigenvalue weighted by Crippen LogP contribution is -2.50. The van der Waals surface area contributed by atoms with E-state index in [0.29, 0.717) is 5.69 Å². The lowest BCUT2D eigenvalue weighted by atomic mass is 9.48. The summed E-state index contributed by atoms with van der Waals surface area (Å²) >= 11 is 0. The van der Waals surface area contributed by atoms with Crippen LogP contribution in [0.3, 0.4) is 0 Å². The van der Waals surface area contributed by atoms with Gasteiger partial charge >= 0.3 is 0 Å². The molecule has 0 amide bonds. The minimum absolute atomic E-state index is 0.160. The Balaban J connectivity index is 1.51. The first kappa shape index (κ1) is 20.1. The lowest BCUT2D eigenvalue weighted by molar-refractivity contribution is -0.138. The highest BCUT2D eigenvalue weighted by atomic mass is 32.2. The molecule has 1 aromatic rings. The van der Waals surface area contributed by atoms with Gasteiger partial charge in [0.1, 0.15) is 0 Å². The number of hydrogen-bond donors (Lipinski definition) is 2. The number of carbonyl (C=O) groups is 1. The van der Waals surface area contributed by atoms with E-state index in [1.807, 2.05) is 18.2 Å². The Bertz CT molecular complexity index is 1000. The summed E-state index contributed by atoms with van der Waals surface area (Å²) in [5.41, 5.74) is 3.11. The predicted octanol–water partition coefficient (Wildman–Crippen LogP) is 4.11. The van der Waals surface area contributed by atoms with E-state index in [2.05, 4.69) is 23.9 Å². The van der Waals surface area contributed by atoms with Crippen LogP contribution in [0.5, 0.6) is 0 Å². The van der Waals surface area contributed by atoms with E-state index in [1.54, 1.807) is 6.07 Å². The van der Waals surface area contributed by atoms with Crippen LogP contribution < -0.4 is 10.0 Å². The summed E-state index contributed by atoms with van der Waals surface area (Å²) in [6, 6.07) is 5.64. The van der Waals surface area contributed by atoms with E-state index in [4.69, 9.17) is 0 Å². The first-order valence-corrected chi connectivity index (χ1v) is 13.0. The van der Waals surface area contributed by atoms with Gasteiger partial charge in [0.05, 0.1) is 6.26 Å². The number of anilines is 1. The van der Waals surface area contributed by atoms with Crippen molar-refractivity contribution >= 4 is 27.2 Å². The smallest absolute Gasteiger partial charge is 0.229 e. The van der Waals surface area contributed by atoms with Gasteiger partial charge in [0, 0.05) is 34.0 Å². The average molecular weight is 429 g/mol. The first-order chi connectivity index (χ1) is 14.0. The van der Waals surface area contributed by atoms with Gasteiger partial charge in [-0.2, -0.15) is 0 Å². The molecule has 0 atom stereocenters. The van der Waals surface area contributed by atoms with Crippen LogP contribution in [0, 0.1) is 23.2 Å². The summed E-state index contributed by atoms with van der Waals surface area (Å²) in [7, 11) is -3.35. The second kappa shape index (κ2) is 6.59. The highest BCUT2D eigenvalue weighted by Crippen LogP contribution is 2.60. The first-order valence-electron chi connectivity index (χ1n) is 11.2. The molecule has 162 valence electrons. The molecule has 0 spiro atoms. The molecule has 0 radical (unpaired) electrons. The molecule has 1 aliphatic heterocycles. The fraction of sp³-hybridized carbons (Fsp3) is 0.625. The van der Waals surface area contributed by atoms with Gasteiger partial charge in [-0.25, -0.2) is 8.42 Å². The molecule has 6 heteroatoms. The van der Waals surface area contributed by atoms with Gasteiger partial charge in [0.25, 0.3) is 0 Å². The molecule has 1 heterocycles. The van der Waals surface area contributed by atoms with Crippen LogP contribution in [0.1, 0.15) is 63.5 Å². The van der Waals surface area contributed by atoms with Crippen LogP contribution in [0.15, 0.2) is 24.3 Å². The van der Waals surface area contributed by atoms with Gasteiger partial charge in [-0.05, 0) is 94.2 Å².